The molecule has 0 aliphatic heterocycles. The van der Waals surface area contributed by atoms with Gasteiger partial charge in [0, 0.05) is 0 Å². The van der Waals surface area contributed by atoms with Gasteiger partial charge >= 0.3 is 5.97 Å². The predicted octanol–water partition coefficient (Wildman–Crippen LogP) is 2.29. The van der Waals surface area contributed by atoms with E-state index in [0.717, 1.165) is 5.56 Å². The van der Waals surface area contributed by atoms with E-state index in [2.05, 4.69) is 0 Å². The van der Waals surface area contributed by atoms with Crippen molar-refractivity contribution in [2.75, 3.05) is 14.1 Å². The number of rotatable bonds is 4. The van der Waals surface area contributed by atoms with Crippen LogP contribution in [0.1, 0.15) is 24.4 Å². The molecule has 0 spiro atoms. The molecule has 0 amide bonds. The van der Waals surface area contributed by atoms with Gasteiger partial charge in [-0.2, -0.15) is 0 Å². The van der Waals surface area contributed by atoms with E-state index in [1.165, 1.54) is 12.1 Å². The molecule has 1 N–H and O–H groups in total. The number of hydrogen-bond acceptors (Lipinski definition) is 2. The van der Waals surface area contributed by atoms with Gasteiger partial charge in [0.25, 0.3) is 0 Å². The molecular weight excluding hydrogens is 221 g/mol. The maximum atomic E-state index is 12.9. The van der Waals surface area contributed by atoms with Crippen LogP contribution < -0.4 is 0 Å². The summed E-state index contributed by atoms with van der Waals surface area (Å²) in [5.41, 5.74) is 0.165. The van der Waals surface area contributed by atoms with Gasteiger partial charge in [0.1, 0.15) is 5.82 Å². The Kier molecular flexibility index (Phi) is 2.91. The highest BCUT2D eigenvalue weighted by atomic mass is 19.1. The Morgan fingerprint density at radius 1 is 1.35 bits per heavy atom. The number of benzene rings is 1. The first-order valence-corrected chi connectivity index (χ1v) is 5.63. The lowest BCUT2D eigenvalue weighted by Crippen LogP contribution is -2.33. The smallest absolute Gasteiger partial charge is 0.311 e. The lowest BCUT2D eigenvalue weighted by Gasteiger charge is -2.30. The topological polar surface area (TPSA) is 40.5 Å². The molecule has 1 unspecified atom stereocenters. The van der Waals surface area contributed by atoms with Crippen molar-refractivity contribution in [3.63, 3.8) is 0 Å². The molecule has 1 aliphatic rings. The van der Waals surface area contributed by atoms with Gasteiger partial charge < -0.3 is 10.0 Å². The van der Waals surface area contributed by atoms with Gasteiger partial charge in [-0.25, -0.2) is 4.39 Å². The second kappa shape index (κ2) is 4.11. The Morgan fingerprint density at radius 2 is 1.88 bits per heavy atom. The number of carboxylic acid groups (broad SMARTS) is 1. The Labute approximate surface area is 99.9 Å². The van der Waals surface area contributed by atoms with E-state index in [-0.39, 0.29) is 11.9 Å². The molecule has 3 nitrogen and oxygen atoms in total. The van der Waals surface area contributed by atoms with Gasteiger partial charge in [-0.05, 0) is 44.6 Å². The van der Waals surface area contributed by atoms with Gasteiger partial charge in [0.15, 0.2) is 0 Å². The summed E-state index contributed by atoms with van der Waals surface area (Å²) in [5.74, 6) is -1.06. The summed E-state index contributed by atoms with van der Waals surface area (Å²) in [5, 5.41) is 9.34. The maximum Gasteiger partial charge on any atom is 0.311 e. The zero-order valence-corrected chi connectivity index (χ0v) is 9.98. The molecule has 17 heavy (non-hydrogen) atoms. The molecule has 1 aliphatic carbocycles. The molecule has 0 aromatic heterocycles. The second-order valence-electron chi connectivity index (χ2n) is 4.88. The van der Waals surface area contributed by atoms with Crippen LogP contribution in [0, 0.1) is 11.2 Å². The predicted molar refractivity (Wildman–Crippen MR) is 62.1 cm³/mol. The Bertz CT molecular complexity index is 424. The highest BCUT2D eigenvalue weighted by Gasteiger charge is 2.57. The molecule has 1 atom stereocenters. The molecule has 0 saturated heterocycles. The highest BCUT2D eigenvalue weighted by Crippen LogP contribution is 2.56. The average Bonchev–Trinajstić information content (AvgIpc) is 3.02. The molecule has 0 radical (unpaired) electrons. The van der Waals surface area contributed by atoms with Crippen molar-refractivity contribution in [2.45, 2.75) is 18.9 Å². The molecule has 1 saturated carbocycles. The van der Waals surface area contributed by atoms with E-state index in [9.17, 15) is 14.3 Å². The SMILES string of the molecule is CN(C)C(c1ccc(F)cc1)C1(C(=O)O)CC1. The van der Waals surface area contributed by atoms with E-state index in [4.69, 9.17) is 0 Å². The van der Waals surface area contributed by atoms with Crippen molar-refractivity contribution in [1.29, 1.82) is 0 Å². The summed E-state index contributed by atoms with van der Waals surface area (Å²) in [6, 6.07) is 5.90. The number of halogens is 1. The van der Waals surface area contributed by atoms with Crippen molar-refractivity contribution in [3.8, 4) is 0 Å². The van der Waals surface area contributed by atoms with E-state index in [1.807, 2.05) is 19.0 Å². The molecule has 1 fully saturated rings. The van der Waals surface area contributed by atoms with E-state index < -0.39 is 11.4 Å². The summed E-state index contributed by atoms with van der Waals surface area (Å²) < 4.78 is 12.9. The van der Waals surface area contributed by atoms with Crippen molar-refractivity contribution >= 4 is 5.97 Å². The van der Waals surface area contributed by atoms with E-state index >= 15 is 0 Å². The zero-order valence-electron chi connectivity index (χ0n) is 9.98. The first-order chi connectivity index (χ1) is 7.97. The van der Waals surface area contributed by atoms with Crippen LogP contribution in [0.5, 0.6) is 0 Å². The minimum atomic E-state index is -0.763. The largest absolute Gasteiger partial charge is 0.481 e. The number of carbonyl (C=O) groups is 1. The van der Waals surface area contributed by atoms with E-state index in [1.54, 1.807) is 12.1 Å². The number of hydrogen-bond donors (Lipinski definition) is 1. The minimum Gasteiger partial charge on any atom is -0.481 e. The summed E-state index contributed by atoms with van der Waals surface area (Å²) in [7, 11) is 3.72. The van der Waals surface area contributed by atoms with Crippen LogP contribution in [0.15, 0.2) is 24.3 Å². The van der Waals surface area contributed by atoms with Gasteiger partial charge in [-0.1, -0.05) is 12.1 Å². The van der Waals surface area contributed by atoms with Crippen LogP contribution in [-0.2, 0) is 4.79 Å². The van der Waals surface area contributed by atoms with Crippen LogP contribution in [0.25, 0.3) is 0 Å². The van der Waals surface area contributed by atoms with Crippen LogP contribution in [0.2, 0.25) is 0 Å². The average molecular weight is 237 g/mol. The van der Waals surface area contributed by atoms with Gasteiger partial charge in [0.05, 0.1) is 11.5 Å². The lowest BCUT2D eigenvalue weighted by molar-refractivity contribution is -0.146. The highest BCUT2D eigenvalue weighted by molar-refractivity contribution is 5.79. The molecule has 1 aromatic carbocycles. The Morgan fingerprint density at radius 3 is 2.24 bits per heavy atom. The van der Waals surface area contributed by atoms with Gasteiger partial charge in [0.2, 0.25) is 0 Å². The van der Waals surface area contributed by atoms with Crippen molar-refractivity contribution in [2.24, 2.45) is 5.41 Å². The number of aliphatic carboxylic acids is 1. The van der Waals surface area contributed by atoms with Gasteiger partial charge in [-0.15, -0.1) is 0 Å². The molecular formula is C13H16FNO2. The quantitative estimate of drug-likeness (QED) is 0.873. The van der Waals surface area contributed by atoms with Crippen LogP contribution in [0.4, 0.5) is 4.39 Å². The molecule has 0 heterocycles. The monoisotopic (exact) mass is 237 g/mol. The summed E-state index contributed by atoms with van der Waals surface area (Å²) in [6.45, 7) is 0. The van der Waals surface area contributed by atoms with Gasteiger partial charge in [-0.3, -0.25) is 4.79 Å². The van der Waals surface area contributed by atoms with Crippen LogP contribution in [-0.4, -0.2) is 30.1 Å². The third kappa shape index (κ3) is 2.05. The standard InChI is InChI=1S/C13H16FNO2/c1-15(2)11(13(7-8-13)12(16)17)9-3-5-10(14)6-4-9/h3-6,11H,7-8H2,1-2H3,(H,16,17). The Hall–Kier alpha value is -1.42. The van der Waals surface area contributed by atoms with Crippen molar-refractivity contribution in [3.05, 3.63) is 35.6 Å². The summed E-state index contributed by atoms with van der Waals surface area (Å²) in [6.07, 6.45) is 1.37. The van der Waals surface area contributed by atoms with E-state index in [0.29, 0.717) is 12.8 Å². The zero-order chi connectivity index (χ0) is 12.6. The fourth-order valence-electron chi connectivity index (χ4n) is 2.50. The van der Waals surface area contributed by atoms with Crippen LogP contribution in [0.3, 0.4) is 0 Å². The van der Waals surface area contributed by atoms with Crippen molar-refractivity contribution < 1.29 is 14.3 Å². The molecule has 1 aromatic rings. The third-order valence-electron chi connectivity index (χ3n) is 3.44. The lowest BCUT2D eigenvalue weighted by atomic mass is 9.89. The molecule has 92 valence electrons. The number of carboxylic acids is 1. The maximum absolute atomic E-state index is 12.9. The molecule has 0 bridgehead atoms. The molecule has 4 heteroatoms. The second-order valence-corrected chi connectivity index (χ2v) is 4.88. The fraction of sp³-hybridized carbons (Fsp3) is 0.462. The summed E-state index contributed by atoms with van der Waals surface area (Å²) >= 11 is 0. The summed E-state index contributed by atoms with van der Waals surface area (Å²) in [4.78, 5) is 13.3. The van der Waals surface area contributed by atoms with Crippen LogP contribution >= 0.6 is 0 Å². The number of nitrogens with zero attached hydrogens (tertiary/aromatic N) is 1. The first-order valence-electron chi connectivity index (χ1n) is 5.63. The molecule has 2 rings (SSSR count). The normalized spacial score (nSPS) is 19.1. The third-order valence-corrected chi connectivity index (χ3v) is 3.44. The Balaban J connectivity index is 2.36. The van der Waals surface area contributed by atoms with Crippen molar-refractivity contribution in [1.82, 2.24) is 4.90 Å². The first kappa shape index (κ1) is 12.0. The minimum absolute atomic E-state index is 0.194. The fourth-order valence-corrected chi connectivity index (χ4v) is 2.50.